The molecule has 0 amide bonds. The zero-order chi connectivity index (χ0) is 11.4. The Morgan fingerprint density at radius 1 is 1.31 bits per heavy atom. The van der Waals surface area contributed by atoms with Crippen LogP contribution in [0.3, 0.4) is 0 Å². The fraction of sp³-hybridized carbons (Fsp3) is 0.250. The van der Waals surface area contributed by atoms with E-state index in [-0.39, 0.29) is 0 Å². The minimum atomic E-state index is 0.422. The van der Waals surface area contributed by atoms with Gasteiger partial charge in [-0.1, -0.05) is 6.07 Å². The first-order valence-corrected chi connectivity index (χ1v) is 5.49. The predicted molar refractivity (Wildman–Crippen MR) is 63.2 cm³/mol. The van der Waals surface area contributed by atoms with E-state index in [2.05, 4.69) is 10.3 Å². The van der Waals surface area contributed by atoms with Gasteiger partial charge in [-0.05, 0) is 42.3 Å². The smallest absolute Gasteiger partial charge is 0.193 e. The van der Waals surface area contributed by atoms with Crippen LogP contribution in [0.15, 0.2) is 34.9 Å². The van der Waals surface area contributed by atoms with Crippen molar-refractivity contribution >= 4 is 11.6 Å². The van der Waals surface area contributed by atoms with Crippen molar-refractivity contribution in [2.45, 2.75) is 20.0 Å². The molecule has 84 valence electrons. The van der Waals surface area contributed by atoms with Crippen molar-refractivity contribution < 1.29 is 4.42 Å². The molecule has 0 fully saturated rings. The average Bonchev–Trinajstić information content (AvgIpc) is 2.67. The highest BCUT2D eigenvalue weighted by Gasteiger charge is 2.01. The van der Waals surface area contributed by atoms with Crippen molar-refractivity contribution in [1.29, 1.82) is 0 Å². The molecule has 3 nitrogen and oxygen atoms in total. The molecule has 0 aliphatic rings. The number of pyridine rings is 1. The fourth-order valence-corrected chi connectivity index (χ4v) is 1.62. The highest BCUT2D eigenvalue weighted by Crippen LogP contribution is 2.12. The van der Waals surface area contributed by atoms with Crippen molar-refractivity contribution in [3.63, 3.8) is 0 Å². The molecule has 2 rings (SSSR count). The van der Waals surface area contributed by atoms with E-state index in [4.69, 9.17) is 16.0 Å². The second-order valence-corrected chi connectivity index (χ2v) is 3.95. The van der Waals surface area contributed by atoms with Crippen LogP contribution in [0.2, 0.25) is 5.22 Å². The second kappa shape index (κ2) is 5.14. The van der Waals surface area contributed by atoms with Gasteiger partial charge in [0.15, 0.2) is 5.22 Å². The molecule has 0 atom stereocenters. The lowest BCUT2D eigenvalue weighted by atomic mass is 10.2. The number of nitrogens with one attached hydrogen (secondary N) is 1. The molecule has 0 saturated carbocycles. The first-order valence-electron chi connectivity index (χ1n) is 5.11. The highest BCUT2D eigenvalue weighted by atomic mass is 35.5. The summed E-state index contributed by atoms with van der Waals surface area (Å²) in [6.07, 6.45) is 1.80. The molecule has 0 bridgehead atoms. The van der Waals surface area contributed by atoms with Gasteiger partial charge in [-0.2, -0.15) is 0 Å². The van der Waals surface area contributed by atoms with Crippen molar-refractivity contribution in [2.75, 3.05) is 0 Å². The summed E-state index contributed by atoms with van der Waals surface area (Å²) in [5.74, 6) is 0.832. The maximum atomic E-state index is 5.67. The maximum Gasteiger partial charge on any atom is 0.193 e. The van der Waals surface area contributed by atoms with Gasteiger partial charge in [0.25, 0.3) is 0 Å². The molecule has 1 N–H and O–H groups in total. The van der Waals surface area contributed by atoms with Crippen LogP contribution in [-0.4, -0.2) is 4.98 Å². The molecule has 2 aromatic rings. The molecule has 0 saturated heterocycles. The van der Waals surface area contributed by atoms with Crippen LogP contribution < -0.4 is 5.32 Å². The third-order valence-corrected chi connectivity index (χ3v) is 2.54. The average molecular weight is 237 g/mol. The summed E-state index contributed by atoms with van der Waals surface area (Å²) in [4.78, 5) is 4.30. The molecule has 16 heavy (non-hydrogen) atoms. The topological polar surface area (TPSA) is 38.1 Å². The standard InChI is InChI=1S/C12H13ClN2O/c1-9-3-2-6-15-11(9)8-14-7-10-4-5-12(13)16-10/h2-6,14H,7-8H2,1H3. The van der Waals surface area contributed by atoms with Gasteiger partial charge in [0.2, 0.25) is 0 Å². The van der Waals surface area contributed by atoms with E-state index >= 15 is 0 Å². The SMILES string of the molecule is Cc1cccnc1CNCc1ccc(Cl)o1. The van der Waals surface area contributed by atoms with Crippen molar-refractivity contribution in [3.8, 4) is 0 Å². The zero-order valence-electron chi connectivity index (χ0n) is 9.03. The third-order valence-electron chi connectivity index (χ3n) is 2.34. The largest absolute Gasteiger partial charge is 0.448 e. The van der Waals surface area contributed by atoms with E-state index in [1.165, 1.54) is 5.56 Å². The minimum absolute atomic E-state index is 0.422. The van der Waals surface area contributed by atoms with E-state index in [0.29, 0.717) is 11.8 Å². The van der Waals surface area contributed by atoms with Gasteiger partial charge in [0.05, 0.1) is 12.2 Å². The van der Waals surface area contributed by atoms with E-state index < -0.39 is 0 Å². The lowest BCUT2D eigenvalue weighted by molar-refractivity contribution is 0.483. The van der Waals surface area contributed by atoms with Gasteiger partial charge >= 0.3 is 0 Å². The molecule has 0 aromatic carbocycles. The van der Waals surface area contributed by atoms with Crippen LogP contribution in [0.1, 0.15) is 17.0 Å². The Hall–Kier alpha value is -1.32. The van der Waals surface area contributed by atoms with Gasteiger partial charge in [0.1, 0.15) is 5.76 Å². The number of hydrogen-bond donors (Lipinski definition) is 1. The Kier molecular flexibility index (Phi) is 3.59. The summed E-state index contributed by atoms with van der Waals surface area (Å²) < 4.78 is 5.23. The molecule has 0 radical (unpaired) electrons. The lowest BCUT2D eigenvalue weighted by Gasteiger charge is -2.04. The summed E-state index contributed by atoms with van der Waals surface area (Å²) >= 11 is 5.67. The third kappa shape index (κ3) is 2.84. The van der Waals surface area contributed by atoms with E-state index in [1.807, 2.05) is 25.1 Å². The number of hydrogen-bond acceptors (Lipinski definition) is 3. The second-order valence-electron chi connectivity index (χ2n) is 3.58. The van der Waals surface area contributed by atoms with Crippen LogP contribution in [0.25, 0.3) is 0 Å². The molecular weight excluding hydrogens is 224 g/mol. The van der Waals surface area contributed by atoms with Crippen LogP contribution >= 0.6 is 11.6 Å². The van der Waals surface area contributed by atoms with Crippen LogP contribution in [-0.2, 0) is 13.1 Å². The minimum Gasteiger partial charge on any atom is -0.448 e. The number of aryl methyl sites for hydroxylation is 1. The van der Waals surface area contributed by atoms with Crippen LogP contribution in [0, 0.1) is 6.92 Å². The molecular formula is C12H13ClN2O. The molecule has 0 aliphatic carbocycles. The van der Waals surface area contributed by atoms with Crippen molar-refractivity contribution in [1.82, 2.24) is 10.3 Å². The summed E-state index contributed by atoms with van der Waals surface area (Å²) in [6, 6.07) is 7.59. The van der Waals surface area contributed by atoms with Crippen LogP contribution in [0.5, 0.6) is 0 Å². The van der Waals surface area contributed by atoms with Gasteiger partial charge in [-0.25, -0.2) is 0 Å². The molecule has 2 aromatic heterocycles. The first kappa shape index (κ1) is 11.2. The van der Waals surface area contributed by atoms with E-state index in [1.54, 1.807) is 12.3 Å². The molecule has 2 heterocycles. The monoisotopic (exact) mass is 236 g/mol. The Bertz CT molecular complexity index is 468. The number of halogens is 1. The highest BCUT2D eigenvalue weighted by molar-refractivity contribution is 6.28. The summed E-state index contributed by atoms with van der Waals surface area (Å²) in [6.45, 7) is 3.43. The van der Waals surface area contributed by atoms with Gasteiger partial charge < -0.3 is 9.73 Å². The van der Waals surface area contributed by atoms with Gasteiger partial charge in [-0.3, -0.25) is 4.98 Å². The Labute approximate surface area is 99.5 Å². The van der Waals surface area contributed by atoms with Gasteiger partial charge in [-0.15, -0.1) is 0 Å². The van der Waals surface area contributed by atoms with Crippen LogP contribution in [0.4, 0.5) is 0 Å². The quantitative estimate of drug-likeness (QED) is 0.887. The Balaban J connectivity index is 1.87. The summed E-state index contributed by atoms with van der Waals surface area (Å²) in [7, 11) is 0. The molecule has 0 aliphatic heterocycles. The maximum absolute atomic E-state index is 5.67. The van der Waals surface area contributed by atoms with E-state index in [0.717, 1.165) is 18.0 Å². The van der Waals surface area contributed by atoms with Gasteiger partial charge in [0, 0.05) is 12.7 Å². The Morgan fingerprint density at radius 2 is 2.19 bits per heavy atom. The molecule has 0 unspecified atom stereocenters. The zero-order valence-corrected chi connectivity index (χ0v) is 9.79. The molecule has 0 spiro atoms. The molecule has 4 heteroatoms. The Morgan fingerprint density at radius 3 is 2.88 bits per heavy atom. The normalized spacial score (nSPS) is 10.6. The first-order chi connectivity index (χ1) is 7.75. The predicted octanol–water partition coefficient (Wildman–Crippen LogP) is 2.93. The van der Waals surface area contributed by atoms with Crippen molar-refractivity contribution in [3.05, 3.63) is 52.7 Å². The lowest BCUT2D eigenvalue weighted by Crippen LogP contribution is -2.14. The van der Waals surface area contributed by atoms with Crippen molar-refractivity contribution in [2.24, 2.45) is 0 Å². The number of rotatable bonds is 4. The number of nitrogens with zero attached hydrogens (tertiary/aromatic N) is 1. The summed E-state index contributed by atoms with van der Waals surface area (Å²) in [5, 5.41) is 3.68. The summed E-state index contributed by atoms with van der Waals surface area (Å²) in [5.41, 5.74) is 2.24. The number of furan rings is 1. The number of aromatic nitrogens is 1. The van der Waals surface area contributed by atoms with E-state index in [9.17, 15) is 0 Å². The fourth-order valence-electron chi connectivity index (χ4n) is 1.45.